The number of esters is 1. The second-order valence-electron chi connectivity index (χ2n) is 8.43. The van der Waals surface area contributed by atoms with Crippen LogP contribution in [0.5, 0.6) is 0 Å². The quantitative estimate of drug-likeness (QED) is 0.642. The molecule has 0 radical (unpaired) electrons. The third-order valence-electron chi connectivity index (χ3n) is 6.05. The summed E-state index contributed by atoms with van der Waals surface area (Å²) >= 11 is 5.99. The van der Waals surface area contributed by atoms with Crippen LogP contribution in [0.1, 0.15) is 62.8 Å². The number of carbonyl (C=O) groups excluding carboxylic acids is 3. The van der Waals surface area contributed by atoms with Crippen LogP contribution in [0.4, 0.5) is 0 Å². The molecule has 1 saturated carbocycles. The van der Waals surface area contributed by atoms with Gasteiger partial charge in [-0.1, -0.05) is 43.0 Å². The number of carbonyl (C=O) groups is 3. The summed E-state index contributed by atoms with van der Waals surface area (Å²) in [5.41, 5.74) is 0.470. The number of halogens is 1. The van der Waals surface area contributed by atoms with Crippen molar-refractivity contribution in [2.24, 2.45) is 5.10 Å². The molecular weight excluding hydrogens is 446 g/mol. The largest absolute Gasteiger partial charge is 0.467 e. The van der Waals surface area contributed by atoms with Crippen LogP contribution in [0, 0.1) is 0 Å². The lowest BCUT2D eigenvalue weighted by Gasteiger charge is -2.35. The first-order valence-corrected chi connectivity index (χ1v) is 11.4. The Hall–Kier alpha value is -3.13. The first kappa shape index (κ1) is 23.0. The number of ether oxygens (including phenoxy) is 1. The van der Waals surface area contributed by atoms with Crippen LogP contribution in [0.3, 0.4) is 0 Å². The highest BCUT2D eigenvalue weighted by Crippen LogP contribution is 2.34. The summed E-state index contributed by atoms with van der Waals surface area (Å²) in [5.74, 6) is -0.761. The van der Waals surface area contributed by atoms with Crippen LogP contribution in [0.25, 0.3) is 0 Å². The van der Waals surface area contributed by atoms with E-state index in [0.29, 0.717) is 35.8 Å². The molecule has 1 N–H and O–H groups in total. The van der Waals surface area contributed by atoms with E-state index >= 15 is 0 Å². The molecule has 4 rings (SSSR count). The number of hydrazone groups is 1. The number of rotatable bonds is 6. The van der Waals surface area contributed by atoms with Crippen LogP contribution >= 0.6 is 11.6 Å². The number of nitrogens with one attached hydrogen (secondary N) is 1. The van der Waals surface area contributed by atoms with Crippen molar-refractivity contribution in [3.8, 4) is 0 Å². The lowest BCUT2D eigenvalue weighted by Crippen LogP contribution is -2.56. The summed E-state index contributed by atoms with van der Waals surface area (Å²) < 4.78 is 11.0. The molecule has 1 fully saturated rings. The van der Waals surface area contributed by atoms with Gasteiger partial charge in [0.15, 0.2) is 6.61 Å². The molecule has 1 aliphatic carbocycles. The number of furan rings is 1. The van der Waals surface area contributed by atoms with Crippen LogP contribution in [-0.2, 0) is 19.1 Å². The van der Waals surface area contributed by atoms with Gasteiger partial charge in [-0.15, -0.1) is 0 Å². The number of benzene rings is 1. The zero-order chi connectivity index (χ0) is 23.4. The van der Waals surface area contributed by atoms with Gasteiger partial charge in [0.25, 0.3) is 5.91 Å². The average molecular weight is 472 g/mol. The Morgan fingerprint density at radius 3 is 2.55 bits per heavy atom. The zero-order valence-corrected chi connectivity index (χ0v) is 19.1. The van der Waals surface area contributed by atoms with Gasteiger partial charge in [0.2, 0.25) is 5.91 Å². The Labute approximate surface area is 196 Å². The van der Waals surface area contributed by atoms with Gasteiger partial charge >= 0.3 is 5.97 Å². The van der Waals surface area contributed by atoms with E-state index in [9.17, 15) is 14.4 Å². The topological polar surface area (TPSA) is 101 Å². The average Bonchev–Trinajstić information content (AvgIpc) is 3.48. The fourth-order valence-electron chi connectivity index (χ4n) is 4.46. The highest BCUT2D eigenvalue weighted by Gasteiger charge is 2.43. The van der Waals surface area contributed by atoms with Crippen molar-refractivity contribution in [1.82, 2.24) is 10.3 Å². The van der Waals surface area contributed by atoms with Gasteiger partial charge in [0.05, 0.1) is 12.0 Å². The van der Waals surface area contributed by atoms with Crippen molar-refractivity contribution < 1.29 is 23.5 Å². The Bertz CT molecular complexity index is 1040. The van der Waals surface area contributed by atoms with Crippen molar-refractivity contribution >= 4 is 35.1 Å². The van der Waals surface area contributed by atoms with Crippen LogP contribution in [0.15, 0.2) is 52.2 Å². The molecule has 33 heavy (non-hydrogen) atoms. The smallest absolute Gasteiger partial charge is 0.332 e. The van der Waals surface area contributed by atoms with E-state index in [2.05, 4.69) is 10.4 Å². The molecule has 9 heteroatoms. The summed E-state index contributed by atoms with van der Waals surface area (Å²) in [6, 6.07) is 10.3. The summed E-state index contributed by atoms with van der Waals surface area (Å²) in [6.07, 6.45) is 5.60. The molecule has 0 bridgehead atoms. The predicted molar refractivity (Wildman–Crippen MR) is 121 cm³/mol. The minimum absolute atomic E-state index is 0.296. The van der Waals surface area contributed by atoms with Crippen molar-refractivity contribution in [2.45, 2.75) is 57.0 Å². The van der Waals surface area contributed by atoms with Crippen molar-refractivity contribution in [1.29, 1.82) is 0 Å². The van der Waals surface area contributed by atoms with Crippen molar-refractivity contribution in [3.63, 3.8) is 0 Å². The Morgan fingerprint density at radius 1 is 1.18 bits per heavy atom. The molecule has 174 valence electrons. The van der Waals surface area contributed by atoms with E-state index in [4.69, 9.17) is 20.8 Å². The second-order valence-corrected chi connectivity index (χ2v) is 8.86. The maximum Gasteiger partial charge on any atom is 0.332 e. The molecule has 1 unspecified atom stereocenters. The van der Waals surface area contributed by atoms with E-state index in [1.165, 1.54) is 11.9 Å². The highest BCUT2D eigenvalue weighted by molar-refractivity contribution is 6.30. The number of hydrogen-bond donors (Lipinski definition) is 1. The third kappa shape index (κ3) is 5.11. The van der Waals surface area contributed by atoms with Crippen LogP contribution in [-0.4, -0.2) is 40.7 Å². The predicted octanol–water partition coefficient (Wildman–Crippen LogP) is 3.99. The van der Waals surface area contributed by atoms with E-state index < -0.39 is 30.1 Å². The van der Waals surface area contributed by atoms with Crippen LogP contribution in [0.2, 0.25) is 5.02 Å². The number of nitrogens with zero attached hydrogens (tertiary/aromatic N) is 2. The molecule has 2 amide bonds. The lowest BCUT2D eigenvalue weighted by molar-refractivity contribution is -0.161. The van der Waals surface area contributed by atoms with Gasteiger partial charge in [0, 0.05) is 18.4 Å². The van der Waals surface area contributed by atoms with E-state index in [1.54, 1.807) is 30.5 Å². The van der Waals surface area contributed by atoms with Gasteiger partial charge in [-0.25, -0.2) is 9.80 Å². The first-order valence-electron chi connectivity index (χ1n) is 11.0. The highest BCUT2D eigenvalue weighted by atomic mass is 35.5. The summed E-state index contributed by atoms with van der Waals surface area (Å²) in [7, 11) is 0. The maximum atomic E-state index is 13.1. The first-order chi connectivity index (χ1) is 15.9. The van der Waals surface area contributed by atoms with E-state index in [-0.39, 0.29) is 5.91 Å². The van der Waals surface area contributed by atoms with Gasteiger partial charge < -0.3 is 14.5 Å². The second kappa shape index (κ2) is 9.79. The zero-order valence-electron chi connectivity index (χ0n) is 18.4. The Kier molecular flexibility index (Phi) is 6.83. The molecule has 0 spiro atoms. The van der Waals surface area contributed by atoms with Crippen LogP contribution < -0.4 is 5.32 Å². The molecule has 0 saturated heterocycles. The Balaban J connectivity index is 1.50. The minimum Gasteiger partial charge on any atom is -0.467 e. The fourth-order valence-corrected chi connectivity index (χ4v) is 4.59. The molecule has 2 aliphatic rings. The molecule has 8 nitrogen and oxygen atoms in total. The molecular formula is C24H26ClN3O5. The monoisotopic (exact) mass is 471 g/mol. The van der Waals surface area contributed by atoms with Crippen molar-refractivity contribution in [2.75, 3.05) is 6.61 Å². The number of hydrogen-bond acceptors (Lipinski definition) is 6. The standard InChI is InChI=1S/C24H26ClN3O5/c1-16(29)26-24(11-3-2-4-12-24)23(31)33-15-22(30)28-20(21-6-5-13-32-21)14-19(27-28)17-7-9-18(25)10-8-17/h5-10,13,20H,2-4,11-12,14-15H2,1H3,(H,26,29). The third-order valence-corrected chi connectivity index (χ3v) is 6.31. The minimum atomic E-state index is -1.08. The summed E-state index contributed by atoms with van der Waals surface area (Å²) in [6.45, 7) is 0.898. The van der Waals surface area contributed by atoms with Gasteiger partial charge in [0.1, 0.15) is 17.3 Å². The molecule has 2 aromatic rings. The molecule has 1 aromatic carbocycles. The summed E-state index contributed by atoms with van der Waals surface area (Å²) in [4.78, 5) is 37.7. The van der Waals surface area contributed by atoms with Crippen molar-refractivity contribution in [3.05, 3.63) is 59.0 Å². The molecule has 2 heterocycles. The van der Waals surface area contributed by atoms with Gasteiger partial charge in [-0.3, -0.25) is 9.59 Å². The SMILES string of the molecule is CC(=O)NC1(C(=O)OCC(=O)N2N=C(c3ccc(Cl)cc3)CC2c2ccco2)CCCCC1. The van der Waals surface area contributed by atoms with Gasteiger partial charge in [-0.2, -0.15) is 5.10 Å². The molecule has 1 aromatic heterocycles. The number of amides is 2. The molecule has 1 aliphatic heterocycles. The Morgan fingerprint density at radius 2 is 1.91 bits per heavy atom. The van der Waals surface area contributed by atoms with Gasteiger partial charge in [-0.05, 0) is 42.7 Å². The van der Waals surface area contributed by atoms with E-state index in [0.717, 1.165) is 24.8 Å². The lowest BCUT2D eigenvalue weighted by atomic mass is 9.81. The fraction of sp³-hybridized carbons (Fsp3) is 0.417. The normalized spacial score (nSPS) is 19.6. The summed E-state index contributed by atoms with van der Waals surface area (Å²) in [5, 5.41) is 9.19. The maximum absolute atomic E-state index is 13.1. The van der Waals surface area contributed by atoms with E-state index in [1.807, 2.05) is 12.1 Å². The molecule has 1 atom stereocenters.